The summed E-state index contributed by atoms with van der Waals surface area (Å²) in [5.41, 5.74) is 7.24. The molecule has 0 amide bonds. The summed E-state index contributed by atoms with van der Waals surface area (Å²) in [6, 6.07) is 3.56. The highest BCUT2D eigenvalue weighted by Crippen LogP contribution is 2.20. The molecule has 2 aromatic heterocycles. The van der Waals surface area contributed by atoms with E-state index in [4.69, 9.17) is 10.5 Å². The van der Waals surface area contributed by atoms with Gasteiger partial charge in [-0.05, 0) is 12.1 Å². The zero-order chi connectivity index (χ0) is 11.4. The molecular weight excluding hydrogens is 206 g/mol. The van der Waals surface area contributed by atoms with Gasteiger partial charge in [-0.2, -0.15) is 10.1 Å². The fourth-order valence-electron chi connectivity index (χ4n) is 1.28. The molecule has 0 spiro atoms. The molecule has 0 aliphatic rings. The molecule has 0 bridgehead atoms. The minimum absolute atomic E-state index is 0.428. The van der Waals surface area contributed by atoms with Crippen LogP contribution in [0.3, 0.4) is 0 Å². The zero-order valence-electron chi connectivity index (χ0n) is 8.90. The Bertz CT molecular complexity index is 454. The zero-order valence-corrected chi connectivity index (χ0v) is 8.90. The van der Waals surface area contributed by atoms with Crippen LogP contribution in [-0.2, 0) is 6.54 Å². The quantitative estimate of drug-likeness (QED) is 0.714. The number of nitrogen functional groups attached to an aromatic ring is 1. The van der Waals surface area contributed by atoms with Crippen molar-refractivity contribution < 1.29 is 4.74 Å². The average Bonchev–Trinajstić information content (AvgIpc) is 2.81. The summed E-state index contributed by atoms with van der Waals surface area (Å²) in [6.07, 6.45) is 3.57. The number of H-pyrrole nitrogens is 1. The minimum Gasteiger partial charge on any atom is -0.479 e. The highest BCUT2D eigenvalue weighted by molar-refractivity contribution is 5.53. The van der Waals surface area contributed by atoms with Crippen molar-refractivity contribution in [2.75, 3.05) is 18.2 Å². The number of anilines is 2. The number of hydrogen-bond acceptors (Lipinski definition) is 5. The number of ether oxygens (including phenoxy) is 1. The van der Waals surface area contributed by atoms with Gasteiger partial charge in [0.15, 0.2) is 0 Å². The van der Waals surface area contributed by atoms with Gasteiger partial charge in [0.05, 0.1) is 19.0 Å². The lowest BCUT2D eigenvalue weighted by Crippen LogP contribution is -2.03. The molecule has 0 aromatic carbocycles. The molecule has 0 radical (unpaired) electrons. The van der Waals surface area contributed by atoms with Crippen molar-refractivity contribution in [2.45, 2.75) is 6.54 Å². The second-order valence-corrected chi connectivity index (χ2v) is 3.26. The molecule has 84 valence electrons. The van der Waals surface area contributed by atoms with Crippen LogP contribution in [0.1, 0.15) is 5.56 Å². The van der Waals surface area contributed by atoms with Crippen LogP contribution in [-0.4, -0.2) is 22.3 Å². The van der Waals surface area contributed by atoms with Gasteiger partial charge < -0.3 is 15.8 Å². The maximum Gasteiger partial charge on any atom is 0.238 e. The summed E-state index contributed by atoms with van der Waals surface area (Å²) in [7, 11) is 1.54. The first-order valence-corrected chi connectivity index (χ1v) is 4.81. The van der Waals surface area contributed by atoms with E-state index in [1.165, 1.54) is 0 Å². The van der Waals surface area contributed by atoms with Gasteiger partial charge in [-0.3, -0.25) is 5.10 Å². The number of rotatable bonds is 4. The number of hydrogen-bond donors (Lipinski definition) is 3. The van der Waals surface area contributed by atoms with Crippen molar-refractivity contribution in [3.8, 4) is 5.88 Å². The standard InChI is InChI=1S/C10H13N5O/c1-16-10-8(11)2-3-9(15-10)12-4-7-5-13-14-6-7/h2-3,5-6H,4,11H2,1H3,(H,12,15)(H,13,14). The van der Waals surface area contributed by atoms with Crippen LogP contribution < -0.4 is 15.8 Å². The Hall–Kier alpha value is -2.24. The van der Waals surface area contributed by atoms with E-state index in [9.17, 15) is 0 Å². The molecule has 0 fully saturated rings. The van der Waals surface area contributed by atoms with Gasteiger partial charge >= 0.3 is 0 Å². The smallest absolute Gasteiger partial charge is 0.238 e. The van der Waals surface area contributed by atoms with Crippen LogP contribution in [0, 0.1) is 0 Å². The molecule has 0 unspecified atom stereocenters. The number of nitrogens with one attached hydrogen (secondary N) is 2. The summed E-state index contributed by atoms with van der Waals surface area (Å²) in [6.45, 7) is 0.649. The Kier molecular flexibility index (Phi) is 2.90. The highest BCUT2D eigenvalue weighted by Gasteiger charge is 2.02. The van der Waals surface area contributed by atoms with E-state index in [1.54, 1.807) is 25.4 Å². The van der Waals surface area contributed by atoms with Crippen LogP contribution in [0.15, 0.2) is 24.5 Å². The van der Waals surface area contributed by atoms with Crippen LogP contribution in [0.4, 0.5) is 11.5 Å². The van der Waals surface area contributed by atoms with E-state index in [1.807, 2.05) is 6.20 Å². The third kappa shape index (κ3) is 2.22. The maximum atomic E-state index is 5.66. The summed E-state index contributed by atoms with van der Waals surface area (Å²) in [5.74, 6) is 1.14. The van der Waals surface area contributed by atoms with E-state index in [0.717, 1.165) is 5.56 Å². The molecule has 0 atom stereocenters. The number of methoxy groups -OCH3 is 1. The van der Waals surface area contributed by atoms with Gasteiger partial charge in [0.25, 0.3) is 0 Å². The largest absolute Gasteiger partial charge is 0.479 e. The number of aromatic nitrogens is 3. The molecule has 0 saturated carbocycles. The van der Waals surface area contributed by atoms with E-state index in [0.29, 0.717) is 23.9 Å². The predicted octanol–water partition coefficient (Wildman–Crippen LogP) is 1.01. The monoisotopic (exact) mass is 219 g/mol. The molecule has 0 saturated heterocycles. The van der Waals surface area contributed by atoms with Gasteiger partial charge in [-0.15, -0.1) is 0 Å². The van der Waals surface area contributed by atoms with Crippen LogP contribution in [0.2, 0.25) is 0 Å². The SMILES string of the molecule is COc1nc(NCc2cn[nH]c2)ccc1N. The van der Waals surface area contributed by atoms with E-state index >= 15 is 0 Å². The molecule has 0 aliphatic heterocycles. The Labute approximate surface area is 92.8 Å². The van der Waals surface area contributed by atoms with Crippen molar-refractivity contribution >= 4 is 11.5 Å². The van der Waals surface area contributed by atoms with Gasteiger partial charge in [0, 0.05) is 18.3 Å². The minimum atomic E-state index is 0.428. The summed E-state index contributed by atoms with van der Waals surface area (Å²) < 4.78 is 5.03. The average molecular weight is 219 g/mol. The second kappa shape index (κ2) is 4.52. The van der Waals surface area contributed by atoms with Gasteiger partial charge in [0.1, 0.15) is 5.82 Å². The van der Waals surface area contributed by atoms with E-state index in [2.05, 4.69) is 20.5 Å². The van der Waals surface area contributed by atoms with Gasteiger partial charge in [-0.25, -0.2) is 0 Å². The second-order valence-electron chi connectivity index (χ2n) is 3.26. The summed E-state index contributed by atoms with van der Waals surface area (Å²) >= 11 is 0. The molecular formula is C10H13N5O. The molecule has 6 nitrogen and oxygen atoms in total. The van der Waals surface area contributed by atoms with E-state index < -0.39 is 0 Å². The van der Waals surface area contributed by atoms with E-state index in [-0.39, 0.29) is 0 Å². The molecule has 16 heavy (non-hydrogen) atoms. The van der Waals surface area contributed by atoms with Crippen molar-refractivity contribution in [1.82, 2.24) is 15.2 Å². The lowest BCUT2D eigenvalue weighted by atomic mass is 10.3. The Morgan fingerprint density at radius 2 is 2.38 bits per heavy atom. The number of nitrogens with two attached hydrogens (primary N) is 1. The highest BCUT2D eigenvalue weighted by atomic mass is 16.5. The number of aromatic amines is 1. The van der Waals surface area contributed by atoms with Crippen molar-refractivity contribution in [3.05, 3.63) is 30.1 Å². The number of nitrogens with zero attached hydrogens (tertiary/aromatic N) is 2. The van der Waals surface area contributed by atoms with Crippen molar-refractivity contribution in [3.63, 3.8) is 0 Å². The van der Waals surface area contributed by atoms with Crippen molar-refractivity contribution in [1.29, 1.82) is 0 Å². The first kappa shape index (κ1) is 10.3. The van der Waals surface area contributed by atoms with Crippen molar-refractivity contribution in [2.24, 2.45) is 0 Å². The van der Waals surface area contributed by atoms with Crippen LogP contribution in [0.25, 0.3) is 0 Å². The van der Waals surface area contributed by atoms with Gasteiger partial charge in [0.2, 0.25) is 5.88 Å². The fraction of sp³-hybridized carbons (Fsp3) is 0.200. The normalized spacial score (nSPS) is 10.1. The third-order valence-electron chi connectivity index (χ3n) is 2.11. The summed E-state index contributed by atoms with van der Waals surface area (Å²) in [5, 5.41) is 9.74. The Balaban J connectivity index is 2.04. The number of pyridine rings is 1. The molecule has 4 N–H and O–H groups in total. The fourth-order valence-corrected chi connectivity index (χ4v) is 1.28. The molecule has 2 heterocycles. The Morgan fingerprint density at radius 1 is 1.50 bits per heavy atom. The van der Waals surface area contributed by atoms with Crippen LogP contribution >= 0.6 is 0 Å². The lowest BCUT2D eigenvalue weighted by molar-refractivity contribution is 0.401. The molecule has 2 rings (SSSR count). The molecule has 0 aliphatic carbocycles. The molecule has 6 heteroatoms. The first-order valence-electron chi connectivity index (χ1n) is 4.81. The first-order chi connectivity index (χ1) is 7.79. The van der Waals surface area contributed by atoms with Crippen LogP contribution in [0.5, 0.6) is 5.88 Å². The maximum absolute atomic E-state index is 5.66. The molecule has 2 aromatic rings. The lowest BCUT2D eigenvalue weighted by Gasteiger charge is -2.07. The third-order valence-corrected chi connectivity index (χ3v) is 2.11. The summed E-state index contributed by atoms with van der Waals surface area (Å²) in [4.78, 5) is 4.20. The Morgan fingerprint density at radius 3 is 3.06 bits per heavy atom. The van der Waals surface area contributed by atoms with Gasteiger partial charge in [-0.1, -0.05) is 0 Å². The topological polar surface area (TPSA) is 88.8 Å². The predicted molar refractivity (Wildman–Crippen MR) is 61.1 cm³/mol.